The van der Waals surface area contributed by atoms with Gasteiger partial charge in [0.2, 0.25) is 0 Å². The second-order valence-electron chi connectivity index (χ2n) is 3.03. The lowest BCUT2D eigenvalue weighted by molar-refractivity contribution is 0.0917. The fraction of sp³-hybridized carbons (Fsp3) is 0.333. The summed E-state index contributed by atoms with van der Waals surface area (Å²) in [6.07, 6.45) is 1.42. The Labute approximate surface area is 82.0 Å². The number of nitrogens with two attached hydrogens (primary N) is 1. The number of nitrogens with one attached hydrogen (secondary N) is 1. The standard InChI is InChI=1S/C9H13N3O2/c1-6(5-13)12-9(14)8-3-2-7(10)4-11-8/h2-4,6,13H,5,10H2,1H3,(H,12,14)/t6-/m0/s1. The summed E-state index contributed by atoms with van der Waals surface area (Å²) in [7, 11) is 0. The van der Waals surface area contributed by atoms with Crippen LogP contribution in [0, 0.1) is 0 Å². The highest BCUT2D eigenvalue weighted by Crippen LogP contribution is 2.00. The molecule has 0 saturated heterocycles. The molecule has 1 amide bonds. The van der Waals surface area contributed by atoms with E-state index in [-0.39, 0.29) is 18.6 Å². The van der Waals surface area contributed by atoms with Crippen LogP contribution in [-0.2, 0) is 0 Å². The van der Waals surface area contributed by atoms with Crippen molar-refractivity contribution in [1.82, 2.24) is 10.3 Å². The smallest absolute Gasteiger partial charge is 0.270 e. The van der Waals surface area contributed by atoms with Gasteiger partial charge >= 0.3 is 0 Å². The van der Waals surface area contributed by atoms with Crippen molar-refractivity contribution >= 4 is 11.6 Å². The van der Waals surface area contributed by atoms with Gasteiger partial charge in [0.15, 0.2) is 0 Å². The molecule has 14 heavy (non-hydrogen) atoms. The van der Waals surface area contributed by atoms with Crippen LogP contribution in [0.15, 0.2) is 18.3 Å². The van der Waals surface area contributed by atoms with E-state index < -0.39 is 0 Å². The molecule has 0 aliphatic heterocycles. The fourth-order valence-electron chi connectivity index (χ4n) is 0.883. The van der Waals surface area contributed by atoms with Crippen molar-refractivity contribution in [3.05, 3.63) is 24.0 Å². The number of aliphatic hydroxyl groups is 1. The van der Waals surface area contributed by atoms with Gasteiger partial charge in [-0.2, -0.15) is 0 Å². The summed E-state index contributed by atoms with van der Waals surface area (Å²) in [6.45, 7) is 1.61. The van der Waals surface area contributed by atoms with E-state index in [0.717, 1.165) is 0 Å². The Morgan fingerprint density at radius 2 is 2.43 bits per heavy atom. The van der Waals surface area contributed by atoms with Gasteiger partial charge in [0.1, 0.15) is 5.69 Å². The minimum absolute atomic E-state index is 0.0965. The molecular weight excluding hydrogens is 182 g/mol. The highest BCUT2D eigenvalue weighted by atomic mass is 16.3. The summed E-state index contributed by atoms with van der Waals surface area (Å²) < 4.78 is 0. The number of anilines is 1. The fourth-order valence-corrected chi connectivity index (χ4v) is 0.883. The van der Waals surface area contributed by atoms with Crippen LogP contribution in [0.2, 0.25) is 0 Å². The first-order chi connectivity index (χ1) is 6.63. The van der Waals surface area contributed by atoms with Crippen molar-refractivity contribution in [3.8, 4) is 0 Å². The molecule has 5 nitrogen and oxygen atoms in total. The quantitative estimate of drug-likeness (QED) is 0.622. The largest absolute Gasteiger partial charge is 0.397 e. The van der Waals surface area contributed by atoms with Gasteiger partial charge in [-0.25, -0.2) is 4.98 Å². The molecule has 1 aromatic heterocycles. The molecule has 1 aromatic rings. The van der Waals surface area contributed by atoms with E-state index in [4.69, 9.17) is 10.8 Å². The van der Waals surface area contributed by atoms with Crippen molar-refractivity contribution in [3.63, 3.8) is 0 Å². The molecule has 0 spiro atoms. The maximum Gasteiger partial charge on any atom is 0.270 e. The van der Waals surface area contributed by atoms with E-state index in [1.165, 1.54) is 12.3 Å². The molecule has 76 valence electrons. The van der Waals surface area contributed by atoms with Crippen LogP contribution < -0.4 is 11.1 Å². The van der Waals surface area contributed by atoms with Gasteiger partial charge in [0, 0.05) is 6.04 Å². The number of hydrogen-bond donors (Lipinski definition) is 3. The highest BCUT2D eigenvalue weighted by Gasteiger charge is 2.09. The van der Waals surface area contributed by atoms with Gasteiger partial charge < -0.3 is 16.2 Å². The molecule has 0 aromatic carbocycles. The molecule has 1 rings (SSSR count). The molecule has 0 bridgehead atoms. The van der Waals surface area contributed by atoms with E-state index in [1.54, 1.807) is 13.0 Å². The van der Waals surface area contributed by atoms with Crippen LogP contribution in [0.25, 0.3) is 0 Å². The maximum atomic E-state index is 11.4. The molecule has 4 N–H and O–H groups in total. The molecule has 5 heteroatoms. The number of carbonyl (C=O) groups excluding carboxylic acids is 1. The summed E-state index contributed by atoms with van der Waals surface area (Å²) in [4.78, 5) is 15.2. The van der Waals surface area contributed by atoms with Crippen molar-refractivity contribution in [2.24, 2.45) is 0 Å². The molecule has 0 aliphatic rings. The summed E-state index contributed by atoms with van der Waals surface area (Å²) in [5, 5.41) is 11.3. The van der Waals surface area contributed by atoms with E-state index in [1.807, 2.05) is 0 Å². The number of hydrogen-bond acceptors (Lipinski definition) is 4. The van der Waals surface area contributed by atoms with Gasteiger partial charge in [-0.1, -0.05) is 0 Å². The second kappa shape index (κ2) is 4.57. The molecule has 0 unspecified atom stereocenters. The summed E-state index contributed by atoms with van der Waals surface area (Å²) in [5.41, 5.74) is 6.22. The number of pyridine rings is 1. The third kappa shape index (κ3) is 2.70. The van der Waals surface area contributed by atoms with Crippen molar-refractivity contribution in [2.45, 2.75) is 13.0 Å². The predicted octanol–water partition coefficient (Wildman–Crippen LogP) is -0.226. The maximum absolute atomic E-state index is 11.4. The lowest BCUT2D eigenvalue weighted by atomic mass is 10.3. The van der Waals surface area contributed by atoms with Gasteiger partial charge in [0.25, 0.3) is 5.91 Å². The lowest BCUT2D eigenvalue weighted by Gasteiger charge is -2.09. The van der Waals surface area contributed by atoms with Crippen LogP contribution in [0.5, 0.6) is 0 Å². The number of aliphatic hydroxyl groups excluding tert-OH is 1. The highest BCUT2D eigenvalue weighted by molar-refractivity contribution is 5.92. The minimum Gasteiger partial charge on any atom is -0.397 e. The Morgan fingerprint density at radius 3 is 2.93 bits per heavy atom. The molecule has 0 radical (unpaired) electrons. The number of nitrogen functional groups attached to an aromatic ring is 1. The van der Waals surface area contributed by atoms with Crippen molar-refractivity contribution in [2.75, 3.05) is 12.3 Å². The first-order valence-electron chi connectivity index (χ1n) is 4.26. The predicted molar refractivity (Wildman–Crippen MR) is 52.7 cm³/mol. The Balaban J connectivity index is 2.65. The van der Waals surface area contributed by atoms with Crippen LogP contribution >= 0.6 is 0 Å². The number of carbonyl (C=O) groups is 1. The summed E-state index contributed by atoms with van der Waals surface area (Å²) >= 11 is 0. The Bertz CT molecular complexity index is 310. The lowest BCUT2D eigenvalue weighted by Crippen LogP contribution is -2.35. The Hall–Kier alpha value is -1.62. The third-order valence-electron chi connectivity index (χ3n) is 1.67. The monoisotopic (exact) mass is 195 g/mol. The topological polar surface area (TPSA) is 88.2 Å². The molecule has 1 heterocycles. The van der Waals surface area contributed by atoms with Crippen LogP contribution in [0.4, 0.5) is 5.69 Å². The Kier molecular flexibility index (Phi) is 3.41. The first kappa shape index (κ1) is 10.5. The number of aromatic nitrogens is 1. The first-order valence-corrected chi connectivity index (χ1v) is 4.26. The zero-order valence-electron chi connectivity index (χ0n) is 7.90. The second-order valence-corrected chi connectivity index (χ2v) is 3.03. The van der Waals surface area contributed by atoms with Crippen molar-refractivity contribution in [1.29, 1.82) is 0 Å². The number of rotatable bonds is 3. The van der Waals surface area contributed by atoms with Crippen LogP contribution in [-0.4, -0.2) is 28.6 Å². The molecule has 0 fully saturated rings. The van der Waals surface area contributed by atoms with Gasteiger partial charge in [-0.15, -0.1) is 0 Å². The third-order valence-corrected chi connectivity index (χ3v) is 1.67. The van der Waals surface area contributed by atoms with Gasteiger partial charge in [0.05, 0.1) is 18.5 Å². The van der Waals surface area contributed by atoms with Gasteiger partial charge in [-0.05, 0) is 19.1 Å². The minimum atomic E-state index is -0.313. The van der Waals surface area contributed by atoms with E-state index in [2.05, 4.69) is 10.3 Å². The average molecular weight is 195 g/mol. The number of nitrogens with zero attached hydrogens (tertiary/aromatic N) is 1. The van der Waals surface area contributed by atoms with E-state index in [0.29, 0.717) is 11.4 Å². The zero-order valence-corrected chi connectivity index (χ0v) is 7.90. The Morgan fingerprint density at radius 1 is 1.71 bits per heavy atom. The van der Waals surface area contributed by atoms with E-state index >= 15 is 0 Å². The molecule has 0 saturated carbocycles. The zero-order chi connectivity index (χ0) is 10.6. The average Bonchev–Trinajstić information content (AvgIpc) is 2.18. The van der Waals surface area contributed by atoms with Crippen LogP contribution in [0.3, 0.4) is 0 Å². The normalized spacial score (nSPS) is 12.1. The summed E-state index contributed by atoms with van der Waals surface area (Å²) in [5.74, 6) is -0.313. The van der Waals surface area contributed by atoms with Crippen LogP contribution in [0.1, 0.15) is 17.4 Å². The number of amides is 1. The molecule has 0 aliphatic carbocycles. The summed E-state index contributed by atoms with van der Waals surface area (Å²) in [6, 6.07) is 2.86. The molecule has 1 atom stereocenters. The van der Waals surface area contributed by atoms with E-state index in [9.17, 15) is 4.79 Å². The van der Waals surface area contributed by atoms with Gasteiger partial charge in [-0.3, -0.25) is 4.79 Å². The SMILES string of the molecule is C[C@@H](CO)NC(=O)c1ccc(N)cn1. The van der Waals surface area contributed by atoms with Crippen molar-refractivity contribution < 1.29 is 9.90 Å². The molecular formula is C9H13N3O2.